The van der Waals surface area contributed by atoms with Gasteiger partial charge in [-0.25, -0.2) is 9.37 Å². The minimum Gasteiger partial charge on any atom is -0.370 e. The van der Waals surface area contributed by atoms with Crippen LogP contribution < -0.4 is 5.32 Å². The first-order chi connectivity index (χ1) is 7.61. The third-order valence-corrected chi connectivity index (χ3v) is 2.64. The fourth-order valence-corrected chi connectivity index (χ4v) is 1.86. The number of anilines is 1. The first-order valence-electron chi connectivity index (χ1n) is 5.43. The van der Waals surface area contributed by atoms with E-state index in [0.29, 0.717) is 5.52 Å². The van der Waals surface area contributed by atoms with E-state index in [1.165, 1.54) is 12.1 Å². The summed E-state index contributed by atoms with van der Waals surface area (Å²) in [4.78, 5) is 4.44. The molecule has 16 heavy (non-hydrogen) atoms. The molecule has 2 rings (SSSR count). The summed E-state index contributed by atoms with van der Waals surface area (Å²) in [6, 6.07) is 5.06. The SMILES string of the molecule is CCNc1nc2cc(F)cc(C)c2cc1C. The number of aryl methyl sites for hydroxylation is 2. The molecule has 1 aromatic carbocycles. The molecule has 3 heteroatoms. The van der Waals surface area contributed by atoms with Gasteiger partial charge in [-0.2, -0.15) is 0 Å². The van der Waals surface area contributed by atoms with E-state index in [1.54, 1.807) is 0 Å². The number of hydrogen-bond donors (Lipinski definition) is 1. The zero-order valence-corrected chi connectivity index (χ0v) is 9.76. The molecule has 84 valence electrons. The second kappa shape index (κ2) is 4.08. The van der Waals surface area contributed by atoms with E-state index in [9.17, 15) is 4.39 Å². The Bertz CT molecular complexity index is 535. The largest absolute Gasteiger partial charge is 0.370 e. The molecule has 0 spiro atoms. The minimum atomic E-state index is -0.233. The number of halogens is 1. The molecule has 0 aliphatic carbocycles. The molecule has 0 aliphatic heterocycles. The number of pyridine rings is 1. The van der Waals surface area contributed by atoms with E-state index in [4.69, 9.17) is 0 Å². The number of nitrogens with one attached hydrogen (secondary N) is 1. The van der Waals surface area contributed by atoms with Crippen molar-refractivity contribution in [2.75, 3.05) is 11.9 Å². The van der Waals surface area contributed by atoms with Crippen molar-refractivity contribution in [1.29, 1.82) is 0 Å². The van der Waals surface area contributed by atoms with Gasteiger partial charge in [0.15, 0.2) is 0 Å². The van der Waals surface area contributed by atoms with Gasteiger partial charge >= 0.3 is 0 Å². The molecule has 1 aromatic heterocycles. The average Bonchev–Trinajstić information content (AvgIpc) is 2.21. The average molecular weight is 218 g/mol. The number of benzene rings is 1. The molecule has 2 nitrogen and oxygen atoms in total. The van der Waals surface area contributed by atoms with Crippen LogP contribution in [0.1, 0.15) is 18.1 Å². The molecule has 0 fully saturated rings. The van der Waals surface area contributed by atoms with Gasteiger partial charge in [0, 0.05) is 18.0 Å². The third-order valence-electron chi connectivity index (χ3n) is 2.64. The van der Waals surface area contributed by atoms with E-state index < -0.39 is 0 Å². The number of nitrogens with zero attached hydrogens (tertiary/aromatic N) is 1. The van der Waals surface area contributed by atoms with Gasteiger partial charge in [0.05, 0.1) is 5.52 Å². The maximum Gasteiger partial charge on any atom is 0.129 e. The first-order valence-corrected chi connectivity index (χ1v) is 5.43. The lowest BCUT2D eigenvalue weighted by atomic mass is 10.1. The lowest BCUT2D eigenvalue weighted by Crippen LogP contribution is -2.02. The second-order valence-corrected chi connectivity index (χ2v) is 3.97. The third kappa shape index (κ3) is 1.85. The summed E-state index contributed by atoms with van der Waals surface area (Å²) in [6.07, 6.45) is 0. The molecule has 0 aliphatic rings. The van der Waals surface area contributed by atoms with Crippen molar-refractivity contribution in [2.24, 2.45) is 0 Å². The zero-order chi connectivity index (χ0) is 11.7. The molecule has 1 heterocycles. The fourth-order valence-electron chi connectivity index (χ4n) is 1.86. The molecule has 0 bridgehead atoms. The smallest absolute Gasteiger partial charge is 0.129 e. The summed E-state index contributed by atoms with van der Waals surface area (Å²) in [5.74, 6) is 0.601. The predicted octanol–water partition coefficient (Wildman–Crippen LogP) is 3.42. The standard InChI is InChI=1S/C13H15FN2/c1-4-15-13-9(3)6-11-8(2)5-10(14)7-12(11)16-13/h5-7H,4H2,1-3H3,(H,15,16). The van der Waals surface area contributed by atoms with E-state index in [-0.39, 0.29) is 5.82 Å². The van der Waals surface area contributed by atoms with Crippen molar-refractivity contribution in [3.05, 3.63) is 35.1 Å². The van der Waals surface area contributed by atoms with Gasteiger partial charge in [0.2, 0.25) is 0 Å². The highest BCUT2D eigenvalue weighted by Gasteiger charge is 2.06. The van der Waals surface area contributed by atoms with Crippen LogP contribution in [0.25, 0.3) is 10.9 Å². The first kappa shape index (κ1) is 10.9. The van der Waals surface area contributed by atoms with Crippen LogP contribution in [-0.4, -0.2) is 11.5 Å². The van der Waals surface area contributed by atoms with Crippen molar-refractivity contribution in [3.8, 4) is 0 Å². The van der Waals surface area contributed by atoms with Crippen LogP contribution in [0.15, 0.2) is 18.2 Å². The van der Waals surface area contributed by atoms with Crippen molar-refractivity contribution < 1.29 is 4.39 Å². The molecular weight excluding hydrogens is 203 g/mol. The lowest BCUT2D eigenvalue weighted by Gasteiger charge is -2.09. The Balaban J connectivity index is 2.69. The van der Waals surface area contributed by atoms with Crippen LogP contribution in [-0.2, 0) is 0 Å². The fraction of sp³-hybridized carbons (Fsp3) is 0.308. The zero-order valence-electron chi connectivity index (χ0n) is 9.76. The maximum atomic E-state index is 13.3. The van der Waals surface area contributed by atoms with Crippen LogP contribution in [0, 0.1) is 19.7 Å². The highest BCUT2D eigenvalue weighted by molar-refractivity contribution is 5.84. The summed E-state index contributed by atoms with van der Waals surface area (Å²) in [7, 11) is 0. The van der Waals surface area contributed by atoms with Gasteiger partial charge in [-0.3, -0.25) is 0 Å². The van der Waals surface area contributed by atoms with Gasteiger partial charge in [-0.1, -0.05) is 0 Å². The van der Waals surface area contributed by atoms with Crippen molar-refractivity contribution >= 4 is 16.7 Å². The monoisotopic (exact) mass is 218 g/mol. The van der Waals surface area contributed by atoms with E-state index in [2.05, 4.69) is 16.4 Å². The highest BCUT2D eigenvalue weighted by atomic mass is 19.1. The molecule has 0 saturated carbocycles. The Morgan fingerprint density at radius 2 is 1.94 bits per heavy atom. The molecule has 0 atom stereocenters. The molecule has 2 aromatic rings. The summed E-state index contributed by atoms with van der Waals surface area (Å²) >= 11 is 0. The van der Waals surface area contributed by atoms with Crippen LogP contribution in [0.4, 0.5) is 10.2 Å². The van der Waals surface area contributed by atoms with Crippen LogP contribution >= 0.6 is 0 Å². The highest BCUT2D eigenvalue weighted by Crippen LogP contribution is 2.23. The predicted molar refractivity (Wildman–Crippen MR) is 65.3 cm³/mol. The van der Waals surface area contributed by atoms with E-state index in [0.717, 1.165) is 28.9 Å². The molecule has 0 saturated heterocycles. The van der Waals surface area contributed by atoms with Gasteiger partial charge in [-0.15, -0.1) is 0 Å². The minimum absolute atomic E-state index is 0.233. The van der Waals surface area contributed by atoms with Gasteiger partial charge < -0.3 is 5.32 Å². The topological polar surface area (TPSA) is 24.9 Å². The lowest BCUT2D eigenvalue weighted by molar-refractivity contribution is 0.628. The molecular formula is C13H15FN2. The van der Waals surface area contributed by atoms with Crippen LogP contribution in [0.3, 0.4) is 0 Å². The van der Waals surface area contributed by atoms with Crippen molar-refractivity contribution in [2.45, 2.75) is 20.8 Å². The summed E-state index contributed by atoms with van der Waals surface area (Å²) in [5.41, 5.74) is 2.72. The molecule has 1 N–H and O–H groups in total. The van der Waals surface area contributed by atoms with Crippen molar-refractivity contribution in [1.82, 2.24) is 4.98 Å². The Morgan fingerprint density at radius 3 is 2.62 bits per heavy atom. The normalized spacial score (nSPS) is 10.8. The Morgan fingerprint density at radius 1 is 1.19 bits per heavy atom. The molecule has 0 radical (unpaired) electrons. The van der Waals surface area contributed by atoms with Gasteiger partial charge in [0.1, 0.15) is 11.6 Å². The van der Waals surface area contributed by atoms with E-state index >= 15 is 0 Å². The Hall–Kier alpha value is -1.64. The van der Waals surface area contributed by atoms with E-state index in [1.807, 2.05) is 20.8 Å². The Labute approximate surface area is 94.5 Å². The summed E-state index contributed by atoms with van der Waals surface area (Å²) < 4.78 is 13.3. The van der Waals surface area contributed by atoms with Gasteiger partial charge in [0.25, 0.3) is 0 Å². The maximum absolute atomic E-state index is 13.3. The quantitative estimate of drug-likeness (QED) is 0.835. The summed E-state index contributed by atoms with van der Waals surface area (Å²) in [6.45, 7) is 6.74. The second-order valence-electron chi connectivity index (χ2n) is 3.97. The van der Waals surface area contributed by atoms with Gasteiger partial charge in [-0.05, 0) is 44.0 Å². The summed E-state index contributed by atoms with van der Waals surface area (Å²) in [5, 5.41) is 4.19. The van der Waals surface area contributed by atoms with Crippen LogP contribution in [0.5, 0.6) is 0 Å². The van der Waals surface area contributed by atoms with Crippen LogP contribution in [0.2, 0.25) is 0 Å². The molecule has 0 amide bonds. The molecule has 0 unspecified atom stereocenters. The van der Waals surface area contributed by atoms with Crippen molar-refractivity contribution in [3.63, 3.8) is 0 Å². The number of fused-ring (bicyclic) bond motifs is 1. The number of aromatic nitrogens is 1. The number of hydrogen-bond acceptors (Lipinski definition) is 2. The Kier molecular flexibility index (Phi) is 2.77. The number of rotatable bonds is 2.